The monoisotopic (exact) mass is 491 g/mol. The molecule has 190 valence electrons. The zero-order valence-electron chi connectivity index (χ0n) is 20.4. The largest absolute Gasteiger partial charge is 0.350 e. The SMILES string of the molecule is C[C@H](NC(=O)[C@@H](CCc1ccccc1)NCc1ccc(F)cc1)C(=O)NCc1ccc(C(N)N)cc1. The number of aryl methyl sites for hydroxylation is 1. The molecule has 0 aliphatic heterocycles. The highest BCUT2D eigenvalue weighted by Crippen LogP contribution is 2.09. The second-order valence-corrected chi connectivity index (χ2v) is 8.80. The molecule has 2 amide bonds. The van der Waals surface area contributed by atoms with Crippen molar-refractivity contribution in [2.75, 3.05) is 0 Å². The molecule has 0 aliphatic rings. The Morgan fingerprint density at radius 3 is 2.06 bits per heavy atom. The van der Waals surface area contributed by atoms with E-state index in [1.54, 1.807) is 19.1 Å². The average molecular weight is 492 g/mol. The van der Waals surface area contributed by atoms with Gasteiger partial charge in [-0.2, -0.15) is 0 Å². The smallest absolute Gasteiger partial charge is 0.242 e. The number of hydrogen-bond donors (Lipinski definition) is 5. The number of halogens is 1. The van der Waals surface area contributed by atoms with Crippen LogP contribution in [0.1, 0.15) is 41.8 Å². The minimum Gasteiger partial charge on any atom is -0.350 e. The lowest BCUT2D eigenvalue weighted by Gasteiger charge is -2.21. The van der Waals surface area contributed by atoms with Gasteiger partial charge in [0.25, 0.3) is 0 Å². The van der Waals surface area contributed by atoms with Crippen molar-refractivity contribution in [2.45, 2.75) is 51.1 Å². The Kier molecular flexibility index (Phi) is 10.1. The van der Waals surface area contributed by atoms with Gasteiger partial charge in [-0.3, -0.25) is 9.59 Å². The molecule has 3 rings (SSSR count). The molecule has 7 nitrogen and oxygen atoms in total. The van der Waals surface area contributed by atoms with Gasteiger partial charge in [0, 0.05) is 13.1 Å². The van der Waals surface area contributed by atoms with Gasteiger partial charge in [-0.1, -0.05) is 66.7 Å². The molecule has 0 bridgehead atoms. The van der Waals surface area contributed by atoms with Crippen molar-refractivity contribution in [3.8, 4) is 0 Å². The lowest BCUT2D eigenvalue weighted by Crippen LogP contribution is -2.51. The van der Waals surface area contributed by atoms with Crippen LogP contribution in [-0.2, 0) is 29.1 Å². The van der Waals surface area contributed by atoms with E-state index < -0.39 is 18.2 Å². The fourth-order valence-corrected chi connectivity index (χ4v) is 3.70. The summed E-state index contributed by atoms with van der Waals surface area (Å²) in [6.45, 7) is 2.37. The first-order valence-electron chi connectivity index (χ1n) is 12.0. The van der Waals surface area contributed by atoms with Crippen molar-refractivity contribution in [1.29, 1.82) is 0 Å². The molecule has 0 fully saturated rings. The minimum absolute atomic E-state index is 0.267. The maximum absolute atomic E-state index is 13.2. The Hall–Kier alpha value is -3.59. The van der Waals surface area contributed by atoms with Crippen LogP contribution in [0.2, 0.25) is 0 Å². The van der Waals surface area contributed by atoms with Crippen molar-refractivity contribution in [1.82, 2.24) is 16.0 Å². The second-order valence-electron chi connectivity index (χ2n) is 8.80. The number of benzene rings is 3. The van der Waals surface area contributed by atoms with E-state index in [1.807, 2.05) is 54.6 Å². The molecule has 3 aromatic carbocycles. The summed E-state index contributed by atoms with van der Waals surface area (Å²) in [5, 5.41) is 8.91. The van der Waals surface area contributed by atoms with Crippen molar-refractivity contribution < 1.29 is 14.0 Å². The van der Waals surface area contributed by atoms with E-state index in [4.69, 9.17) is 11.5 Å². The van der Waals surface area contributed by atoms with Crippen LogP contribution >= 0.6 is 0 Å². The maximum Gasteiger partial charge on any atom is 0.242 e. The van der Waals surface area contributed by atoms with E-state index in [-0.39, 0.29) is 17.6 Å². The van der Waals surface area contributed by atoms with Crippen LogP contribution in [0.15, 0.2) is 78.9 Å². The van der Waals surface area contributed by atoms with Crippen molar-refractivity contribution in [3.05, 3.63) is 107 Å². The summed E-state index contributed by atoms with van der Waals surface area (Å²) >= 11 is 0. The first kappa shape index (κ1) is 27.0. The fourth-order valence-electron chi connectivity index (χ4n) is 3.70. The van der Waals surface area contributed by atoms with Gasteiger partial charge in [0.15, 0.2) is 0 Å². The molecule has 7 N–H and O–H groups in total. The molecule has 8 heteroatoms. The third kappa shape index (κ3) is 8.57. The van der Waals surface area contributed by atoms with Gasteiger partial charge in [0.2, 0.25) is 11.8 Å². The second kappa shape index (κ2) is 13.5. The molecular formula is C28H34FN5O2. The molecule has 0 spiro atoms. The van der Waals surface area contributed by atoms with Crippen LogP contribution < -0.4 is 27.4 Å². The number of nitrogens with two attached hydrogens (primary N) is 2. The number of amides is 2. The quantitative estimate of drug-likeness (QED) is 0.249. The lowest BCUT2D eigenvalue weighted by molar-refractivity contribution is -0.129. The van der Waals surface area contributed by atoms with Crippen molar-refractivity contribution >= 4 is 11.8 Å². The molecule has 2 atom stereocenters. The minimum atomic E-state index is -0.721. The molecule has 3 aromatic rings. The zero-order valence-corrected chi connectivity index (χ0v) is 20.4. The summed E-state index contributed by atoms with van der Waals surface area (Å²) in [7, 11) is 0. The highest BCUT2D eigenvalue weighted by Gasteiger charge is 2.22. The lowest BCUT2D eigenvalue weighted by atomic mass is 10.0. The molecular weight excluding hydrogens is 457 g/mol. The van der Waals surface area contributed by atoms with Gasteiger partial charge in [-0.05, 0) is 54.2 Å². The number of rotatable bonds is 12. The van der Waals surface area contributed by atoms with E-state index >= 15 is 0 Å². The maximum atomic E-state index is 13.2. The number of nitrogens with one attached hydrogen (secondary N) is 3. The highest BCUT2D eigenvalue weighted by molar-refractivity contribution is 5.89. The van der Waals surface area contributed by atoms with Gasteiger partial charge >= 0.3 is 0 Å². The van der Waals surface area contributed by atoms with Crippen LogP contribution in [0, 0.1) is 5.82 Å². The van der Waals surface area contributed by atoms with Crippen LogP contribution in [0.4, 0.5) is 4.39 Å². The Morgan fingerprint density at radius 1 is 0.806 bits per heavy atom. The van der Waals surface area contributed by atoms with E-state index in [0.717, 1.165) is 22.3 Å². The predicted molar refractivity (Wildman–Crippen MR) is 139 cm³/mol. The Balaban J connectivity index is 1.56. The fraction of sp³-hybridized carbons (Fsp3) is 0.286. The van der Waals surface area contributed by atoms with Crippen LogP contribution in [0.25, 0.3) is 0 Å². The van der Waals surface area contributed by atoms with E-state index in [9.17, 15) is 14.0 Å². The van der Waals surface area contributed by atoms with Crippen molar-refractivity contribution in [2.24, 2.45) is 11.5 Å². The molecule has 0 radical (unpaired) electrons. The van der Waals surface area contributed by atoms with Gasteiger partial charge in [0.05, 0.1) is 12.2 Å². The number of carbonyl (C=O) groups is 2. The summed E-state index contributed by atoms with van der Waals surface area (Å²) < 4.78 is 13.2. The van der Waals surface area contributed by atoms with Crippen molar-refractivity contribution in [3.63, 3.8) is 0 Å². The summed E-state index contributed by atoms with van der Waals surface area (Å²) in [6, 6.07) is 22.1. The third-order valence-corrected chi connectivity index (χ3v) is 5.93. The first-order valence-corrected chi connectivity index (χ1v) is 12.0. The predicted octanol–water partition coefficient (Wildman–Crippen LogP) is 2.65. The number of hydrogen-bond acceptors (Lipinski definition) is 5. The summed E-state index contributed by atoms with van der Waals surface area (Å²) in [4.78, 5) is 25.7. The van der Waals surface area contributed by atoms with Crippen LogP contribution in [-0.4, -0.2) is 23.9 Å². The van der Waals surface area contributed by atoms with Crippen LogP contribution in [0.5, 0.6) is 0 Å². The Morgan fingerprint density at radius 2 is 1.42 bits per heavy atom. The van der Waals surface area contributed by atoms with Crippen LogP contribution in [0.3, 0.4) is 0 Å². The molecule has 0 saturated carbocycles. The van der Waals surface area contributed by atoms with Gasteiger partial charge in [0.1, 0.15) is 11.9 Å². The zero-order chi connectivity index (χ0) is 25.9. The first-order chi connectivity index (χ1) is 17.3. The molecule has 0 aliphatic carbocycles. The molecule has 0 heterocycles. The molecule has 0 saturated heterocycles. The average Bonchev–Trinajstić information content (AvgIpc) is 2.89. The standard InChI is InChI=1S/C28H34FN5O2/c1-19(27(35)33-18-21-7-12-23(13-8-21)26(30)31)34-28(36)25(16-11-20-5-3-2-4-6-20)32-17-22-9-14-24(29)15-10-22/h2-10,12-15,19,25-26,32H,11,16-18,30-31H2,1H3,(H,33,35)(H,34,36)/t19-,25+/m0/s1. The summed E-state index contributed by atoms with van der Waals surface area (Å²) in [6.07, 6.45) is 0.690. The third-order valence-electron chi connectivity index (χ3n) is 5.93. The Labute approximate surface area is 211 Å². The van der Waals surface area contributed by atoms with Gasteiger partial charge in [-0.25, -0.2) is 4.39 Å². The highest BCUT2D eigenvalue weighted by atomic mass is 19.1. The normalized spacial score (nSPS) is 12.7. The van der Waals surface area contributed by atoms with Gasteiger partial charge < -0.3 is 27.4 Å². The Bertz CT molecular complexity index is 1110. The molecule has 0 unspecified atom stereocenters. The molecule has 36 heavy (non-hydrogen) atoms. The van der Waals surface area contributed by atoms with E-state index in [1.165, 1.54) is 12.1 Å². The molecule has 0 aromatic heterocycles. The summed E-state index contributed by atoms with van der Waals surface area (Å²) in [5.41, 5.74) is 15.0. The topological polar surface area (TPSA) is 122 Å². The van der Waals surface area contributed by atoms with E-state index in [0.29, 0.717) is 25.9 Å². The van der Waals surface area contributed by atoms with Gasteiger partial charge in [-0.15, -0.1) is 0 Å². The van der Waals surface area contributed by atoms with E-state index in [2.05, 4.69) is 16.0 Å². The number of carbonyl (C=O) groups excluding carboxylic acids is 2. The summed E-state index contributed by atoms with van der Waals surface area (Å²) in [5.74, 6) is -0.865.